The van der Waals surface area contributed by atoms with E-state index >= 15 is 0 Å². The van der Waals surface area contributed by atoms with Gasteiger partial charge in [-0.2, -0.15) is 4.98 Å². The molecule has 1 N–H and O–H groups in total. The lowest BCUT2D eigenvalue weighted by Gasteiger charge is -2.13. The minimum atomic E-state index is 0.403. The number of rotatable bonds is 7. The van der Waals surface area contributed by atoms with Crippen molar-refractivity contribution in [3.8, 4) is 5.88 Å². The largest absolute Gasteiger partial charge is 0.478 e. The van der Waals surface area contributed by atoms with Gasteiger partial charge in [-0.15, -0.1) is 0 Å². The molecule has 106 valence electrons. The second-order valence-corrected chi connectivity index (χ2v) is 4.76. The standard InChI is InChI=1S/C16H21N3O/c1-3-11-20-15-9-10-17-16(19-15)18-12-13(2)14-7-5-4-6-8-14/h4-10,13H,3,11-12H2,1-2H3,(H,17,18,19). The molecule has 0 fully saturated rings. The first-order valence-corrected chi connectivity index (χ1v) is 7.04. The summed E-state index contributed by atoms with van der Waals surface area (Å²) < 4.78 is 5.50. The smallest absolute Gasteiger partial charge is 0.225 e. The lowest BCUT2D eigenvalue weighted by atomic mass is 10.0. The van der Waals surface area contributed by atoms with Crippen LogP contribution >= 0.6 is 0 Å². The van der Waals surface area contributed by atoms with E-state index in [0.29, 0.717) is 24.4 Å². The maximum atomic E-state index is 5.50. The van der Waals surface area contributed by atoms with E-state index in [4.69, 9.17) is 4.74 Å². The van der Waals surface area contributed by atoms with Gasteiger partial charge in [-0.05, 0) is 17.9 Å². The van der Waals surface area contributed by atoms with Gasteiger partial charge >= 0.3 is 0 Å². The number of hydrogen-bond donors (Lipinski definition) is 1. The van der Waals surface area contributed by atoms with E-state index in [1.165, 1.54) is 5.56 Å². The number of hydrogen-bond acceptors (Lipinski definition) is 4. The molecule has 1 aromatic heterocycles. The average molecular weight is 271 g/mol. The molecule has 1 atom stereocenters. The average Bonchev–Trinajstić information content (AvgIpc) is 2.52. The molecule has 2 aromatic rings. The van der Waals surface area contributed by atoms with Gasteiger partial charge in [-0.25, -0.2) is 4.98 Å². The Morgan fingerprint density at radius 3 is 2.75 bits per heavy atom. The van der Waals surface area contributed by atoms with Crippen LogP contribution in [0.2, 0.25) is 0 Å². The van der Waals surface area contributed by atoms with Crippen LogP contribution in [0.4, 0.5) is 5.95 Å². The third-order valence-electron chi connectivity index (χ3n) is 3.02. The normalized spacial score (nSPS) is 11.9. The summed E-state index contributed by atoms with van der Waals surface area (Å²) in [5.41, 5.74) is 1.30. The fourth-order valence-electron chi connectivity index (χ4n) is 1.86. The van der Waals surface area contributed by atoms with Gasteiger partial charge in [0, 0.05) is 18.8 Å². The monoisotopic (exact) mass is 271 g/mol. The molecule has 2 rings (SSSR count). The highest BCUT2D eigenvalue weighted by atomic mass is 16.5. The molecule has 0 saturated heterocycles. The molecule has 20 heavy (non-hydrogen) atoms. The molecule has 0 aliphatic rings. The lowest BCUT2D eigenvalue weighted by molar-refractivity contribution is 0.305. The van der Waals surface area contributed by atoms with Crippen molar-refractivity contribution in [3.63, 3.8) is 0 Å². The van der Waals surface area contributed by atoms with Crippen molar-refractivity contribution < 1.29 is 4.74 Å². The summed E-state index contributed by atoms with van der Waals surface area (Å²) in [5.74, 6) is 1.64. The Hall–Kier alpha value is -2.10. The molecule has 0 saturated carbocycles. The van der Waals surface area contributed by atoms with E-state index in [9.17, 15) is 0 Å². The third kappa shape index (κ3) is 4.23. The highest BCUT2D eigenvalue weighted by Gasteiger charge is 2.06. The van der Waals surface area contributed by atoms with Crippen LogP contribution in [0.1, 0.15) is 31.7 Å². The molecule has 0 amide bonds. The predicted molar refractivity (Wildman–Crippen MR) is 81.2 cm³/mol. The molecule has 0 bridgehead atoms. The van der Waals surface area contributed by atoms with Gasteiger partial charge in [0.1, 0.15) is 0 Å². The molecular formula is C16H21N3O. The molecule has 0 spiro atoms. The van der Waals surface area contributed by atoms with Crippen molar-refractivity contribution in [1.29, 1.82) is 0 Å². The molecule has 1 unspecified atom stereocenters. The number of aromatic nitrogens is 2. The summed E-state index contributed by atoms with van der Waals surface area (Å²) in [6.07, 6.45) is 2.69. The first-order chi connectivity index (χ1) is 9.79. The number of anilines is 1. The summed E-state index contributed by atoms with van der Waals surface area (Å²) >= 11 is 0. The minimum absolute atomic E-state index is 0.403. The molecule has 4 nitrogen and oxygen atoms in total. The maximum absolute atomic E-state index is 5.50. The summed E-state index contributed by atoms with van der Waals surface area (Å²) in [6, 6.07) is 12.2. The van der Waals surface area contributed by atoms with E-state index in [0.717, 1.165) is 13.0 Å². The van der Waals surface area contributed by atoms with Crippen LogP contribution in [-0.2, 0) is 0 Å². The highest BCUT2D eigenvalue weighted by molar-refractivity contribution is 5.29. The van der Waals surface area contributed by atoms with Gasteiger partial charge in [0.25, 0.3) is 0 Å². The minimum Gasteiger partial charge on any atom is -0.478 e. The Kier molecular flexibility index (Phi) is 5.35. The predicted octanol–water partition coefficient (Wildman–Crippen LogP) is 3.48. The van der Waals surface area contributed by atoms with Crippen molar-refractivity contribution in [2.75, 3.05) is 18.5 Å². The van der Waals surface area contributed by atoms with Crippen LogP contribution in [0, 0.1) is 0 Å². The zero-order valence-electron chi connectivity index (χ0n) is 12.0. The SMILES string of the molecule is CCCOc1ccnc(NCC(C)c2ccccc2)n1. The molecular weight excluding hydrogens is 250 g/mol. The Morgan fingerprint density at radius 2 is 2.00 bits per heavy atom. The topological polar surface area (TPSA) is 47.0 Å². The number of nitrogens with zero attached hydrogens (tertiary/aromatic N) is 2. The Balaban J connectivity index is 1.90. The summed E-state index contributed by atoms with van der Waals surface area (Å²) in [6.45, 7) is 5.72. The van der Waals surface area contributed by atoms with Crippen molar-refractivity contribution in [2.45, 2.75) is 26.2 Å². The van der Waals surface area contributed by atoms with Crippen molar-refractivity contribution in [3.05, 3.63) is 48.2 Å². The molecule has 0 radical (unpaired) electrons. The fourth-order valence-corrected chi connectivity index (χ4v) is 1.86. The van der Waals surface area contributed by atoms with Crippen LogP contribution in [0.3, 0.4) is 0 Å². The van der Waals surface area contributed by atoms with Crippen molar-refractivity contribution in [1.82, 2.24) is 9.97 Å². The molecule has 1 heterocycles. The van der Waals surface area contributed by atoms with Gasteiger partial charge in [-0.1, -0.05) is 44.2 Å². The third-order valence-corrected chi connectivity index (χ3v) is 3.02. The van der Waals surface area contributed by atoms with E-state index in [-0.39, 0.29) is 0 Å². The molecule has 4 heteroatoms. The molecule has 1 aromatic carbocycles. The lowest BCUT2D eigenvalue weighted by Crippen LogP contribution is -2.12. The number of benzene rings is 1. The maximum Gasteiger partial charge on any atom is 0.225 e. The van der Waals surface area contributed by atoms with E-state index in [2.05, 4.69) is 53.4 Å². The molecule has 0 aliphatic heterocycles. The second kappa shape index (κ2) is 7.48. The zero-order chi connectivity index (χ0) is 14.2. The number of nitrogens with one attached hydrogen (secondary N) is 1. The van der Waals surface area contributed by atoms with Crippen LogP contribution in [-0.4, -0.2) is 23.1 Å². The Morgan fingerprint density at radius 1 is 1.20 bits per heavy atom. The van der Waals surface area contributed by atoms with Crippen LogP contribution < -0.4 is 10.1 Å². The quantitative estimate of drug-likeness (QED) is 0.837. The van der Waals surface area contributed by atoms with Crippen LogP contribution in [0.15, 0.2) is 42.6 Å². The van der Waals surface area contributed by atoms with Crippen molar-refractivity contribution >= 4 is 5.95 Å². The van der Waals surface area contributed by atoms with Gasteiger partial charge in [0.2, 0.25) is 11.8 Å². The van der Waals surface area contributed by atoms with Crippen molar-refractivity contribution in [2.24, 2.45) is 0 Å². The summed E-state index contributed by atoms with van der Waals surface area (Å²) in [7, 11) is 0. The van der Waals surface area contributed by atoms with Crippen LogP contribution in [0.25, 0.3) is 0 Å². The van der Waals surface area contributed by atoms with E-state index < -0.39 is 0 Å². The van der Waals surface area contributed by atoms with E-state index in [1.54, 1.807) is 12.3 Å². The Labute approximate surface area is 120 Å². The Bertz CT molecular complexity index is 516. The van der Waals surface area contributed by atoms with Crippen LogP contribution in [0.5, 0.6) is 5.88 Å². The summed E-state index contributed by atoms with van der Waals surface area (Å²) in [5, 5.41) is 3.26. The first-order valence-electron chi connectivity index (χ1n) is 7.04. The second-order valence-electron chi connectivity index (χ2n) is 4.76. The fraction of sp³-hybridized carbons (Fsp3) is 0.375. The van der Waals surface area contributed by atoms with Gasteiger partial charge < -0.3 is 10.1 Å². The highest BCUT2D eigenvalue weighted by Crippen LogP contribution is 2.15. The zero-order valence-corrected chi connectivity index (χ0v) is 12.0. The number of ether oxygens (including phenoxy) is 1. The van der Waals surface area contributed by atoms with Gasteiger partial charge in [-0.3, -0.25) is 0 Å². The molecule has 0 aliphatic carbocycles. The van der Waals surface area contributed by atoms with Gasteiger partial charge in [0.15, 0.2) is 0 Å². The summed E-state index contributed by atoms with van der Waals surface area (Å²) in [4.78, 5) is 8.54. The van der Waals surface area contributed by atoms with E-state index in [1.807, 2.05) is 6.07 Å². The van der Waals surface area contributed by atoms with Gasteiger partial charge in [0.05, 0.1) is 6.61 Å². The first kappa shape index (κ1) is 14.3.